The summed E-state index contributed by atoms with van der Waals surface area (Å²) in [6.45, 7) is 8.80. The molecule has 0 saturated carbocycles. The van der Waals surface area contributed by atoms with Crippen molar-refractivity contribution in [2.75, 3.05) is 6.54 Å². The van der Waals surface area contributed by atoms with Crippen LogP contribution >= 0.6 is 0 Å². The summed E-state index contributed by atoms with van der Waals surface area (Å²) < 4.78 is 5.38. The molecule has 1 aliphatic heterocycles. The molecule has 1 aliphatic rings. The van der Waals surface area contributed by atoms with Crippen molar-refractivity contribution in [2.24, 2.45) is 5.92 Å². The molecule has 1 fully saturated rings. The highest BCUT2D eigenvalue weighted by molar-refractivity contribution is 5.96. The number of carbonyl (C=O) groups is 6. The number of ether oxygens (including phenoxy) is 1. The number of piperidine rings is 1. The van der Waals surface area contributed by atoms with Crippen LogP contribution in [-0.2, 0) is 35.1 Å². The second-order valence-corrected chi connectivity index (χ2v) is 13.0. The Morgan fingerprint density at radius 1 is 0.957 bits per heavy atom. The van der Waals surface area contributed by atoms with Crippen LogP contribution in [0.2, 0.25) is 0 Å². The SMILES string of the molecule is CC(C)C[C@H](NC(=O)[C@H](Cc1c[nH]c2ccccc12)NC(=O)OC(C)(C)C)C(=O)N[C@@H](CC(=O)O)C(=O)N1CCCC[C@H]1C(=O)O. The van der Waals surface area contributed by atoms with Crippen LogP contribution in [-0.4, -0.2) is 92.2 Å². The quantitative estimate of drug-likeness (QED) is 0.189. The van der Waals surface area contributed by atoms with E-state index in [0.29, 0.717) is 12.8 Å². The number of carbonyl (C=O) groups excluding carboxylic acids is 4. The Balaban J connectivity index is 1.85. The highest BCUT2D eigenvalue weighted by Crippen LogP contribution is 2.21. The van der Waals surface area contributed by atoms with Gasteiger partial charge in [0.15, 0.2) is 0 Å². The molecular formula is C32H45N5O9. The van der Waals surface area contributed by atoms with Crippen LogP contribution < -0.4 is 16.0 Å². The van der Waals surface area contributed by atoms with Gasteiger partial charge in [-0.15, -0.1) is 0 Å². The first-order valence-electron chi connectivity index (χ1n) is 15.5. The molecule has 0 spiro atoms. The molecule has 4 atom stereocenters. The van der Waals surface area contributed by atoms with Gasteiger partial charge in [-0.1, -0.05) is 32.0 Å². The Kier molecular flexibility index (Phi) is 12.2. The number of likely N-dealkylation sites (tertiary alicyclic amines) is 1. The first-order valence-corrected chi connectivity index (χ1v) is 15.5. The van der Waals surface area contributed by atoms with E-state index in [9.17, 15) is 39.0 Å². The monoisotopic (exact) mass is 643 g/mol. The molecule has 0 radical (unpaired) electrons. The number of aliphatic carboxylic acids is 2. The Bertz CT molecular complexity index is 1430. The van der Waals surface area contributed by atoms with E-state index in [-0.39, 0.29) is 31.7 Å². The summed E-state index contributed by atoms with van der Waals surface area (Å²) in [6, 6.07) is 2.37. The molecule has 2 heterocycles. The predicted molar refractivity (Wildman–Crippen MR) is 168 cm³/mol. The van der Waals surface area contributed by atoms with Crippen molar-refractivity contribution in [1.29, 1.82) is 0 Å². The average Bonchev–Trinajstić information content (AvgIpc) is 3.36. The Hall–Kier alpha value is -4.62. The molecule has 46 heavy (non-hydrogen) atoms. The third-order valence-corrected chi connectivity index (χ3v) is 7.51. The zero-order valence-electron chi connectivity index (χ0n) is 26.9. The number of benzene rings is 1. The van der Waals surface area contributed by atoms with E-state index in [1.165, 1.54) is 0 Å². The lowest BCUT2D eigenvalue weighted by molar-refractivity contribution is -0.154. The molecule has 14 nitrogen and oxygen atoms in total. The molecule has 0 bridgehead atoms. The molecule has 6 N–H and O–H groups in total. The third-order valence-electron chi connectivity index (χ3n) is 7.51. The molecule has 2 aromatic rings. The summed E-state index contributed by atoms with van der Waals surface area (Å²) in [5.74, 6) is -5.02. The maximum Gasteiger partial charge on any atom is 0.408 e. The van der Waals surface area contributed by atoms with Crippen molar-refractivity contribution in [3.8, 4) is 0 Å². The molecule has 1 aromatic heterocycles. The number of rotatable bonds is 13. The summed E-state index contributed by atoms with van der Waals surface area (Å²) in [5, 5.41) is 27.7. The van der Waals surface area contributed by atoms with Crippen LogP contribution in [0.5, 0.6) is 0 Å². The standard InChI is InChI=1S/C32H45N5O9/c1-18(2)14-22(27(40)35-24(16-26(38)39)29(42)37-13-9-8-12-25(37)30(43)44)34-28(41)23(36-31(45)46-32(3,4)5)15-19-17-33-21-11-7-6-10-20(19)21/h6-7,10-11,17-18,22-25,33H,8-9,12-16H2,1-5H3,(H,34,41)(H,35,40)(H,36,45)(H,38,39)(H,43,44)/t22-,23-,24-,25-/m0/s1. The van der Waals surface area contributed by atoms with Gasteiger partial charge < -0.3 is 40.8 Å². The zero-order chi connectivity index (χ0) is 34.2. The first kappa shape index (κ1) is 35.9. The number of carboxylic acid groups (broad SMARTS) is 2. The van der Waals surface area contributed by atoms with Gasteiger partial charge in [-0.3, -0.25) is 19.2 Å². The molecule has 0 unspecified atom stereocenters. The van der Waals surface area contributed by atoms with Crippen molar-refractivity contribution in [3.63, 3.8) is 0 Å². The van der Waals surface area contributed by atoms with Gasteiger partial charge in [0.05, 0.1) is 6.42 Å². The Morgan fingerprint density at radius 3 is 2.24 bits per heavy atom. The molecule has 14 heteroatoms. The number of carboxylic acids is 2. The summed E-state index contributed by atoms with van der Waals surface area (Å²) >= 11 is 0. The van der Waals surface area contributed by atoms with Crippen LogP contribution in [0.25, 0.3) is 10.9 Å². The normalized spacial score (nSPS) is 17.1. The lowest BCUT2D eigenvalue weighted by Crippen LogP contribution is -2.59. The van der Waals surface area contributed by atoms with Crippen molar-refractivity contribution >= 4 is 46.7 Å². The number of H-pyrrole nitrogens is 1. The molecular weight excluding hydrogens is 598 g/mol. The first-order chi connectivity index (χ1) is 21.6. The second kappa shape index (κ2) is 15.6. The highest BCUT2D eigenvalue weighted by atomic mass is 16.6. The van der Waals surface area contributed by atoms with E-state index in [0.717, 1.165) is 21.4 Å². The van der Waals surface area contributed by atoms with Crippen LogP contribution in [0, 0.1) is 5.92 Å². The topological polar surface area (TPSA) is 207 Å². The number of para-hydroxylation sites is 1. The van der Waals surface area contributed by atoms with E-state index in [2.05, 4.69) is 20.9 Å². The molecule has 0 aliphatic carbocycles. The van der Waals surface area contributed by atoms with Crippen molar-refractivity contribution < 1.29 is 43.7 Å². The van der Waals surface area contributed by atoms with Crippen molar-refractivity contribution in [2.45, 2.75) is 103 Å². The molecule has 3 rings (SSSR count). The van der Waals surface area contributed by atoms with E-state index in [1.54, 1.807) is 27.0 Å². The third kappa shape index (κ3) is 10.2. The summed E-state index contributed by atoms with van der Waals surface area (Å²) in [6.07, 6.45) is 1.64. The number of amides is 4. The smallest absolute Gasteiger partial charge is 0.408 e. The average molecular weight is 644 g/mol. The maximum atomic E-state index is 13.8. The molecule has 1 aromatic carbocycles. The van der Waals surface area contributed by atoms with Gasteiger partial charge in [0.25, 0.3) is 0 Å². The van der Waals surface area contributed by atoms with Crippen LogP contribution in [0.1, 0.15) is 72.3 Å². The number of aromatic amines is 1. The highest BCUT2D eigenvalue weighted by Gasteiger charge is 2.38. The number of hydrogen-bond donors (Lipinski definition) is 6. The number of aromatic nitrogens is 1. The van der Waals surface area contributed by atoms with E-state index < -0.39 is 71.9 Å². The number of alkyl carbamates (subject to hydrolysis) is 1. The Morgan fingerprint density at radius 2 is 1.61 bits per heavy atom. The summed E-state index contributed by atoms with van der Waals surface area (Å²) in [7, 11) is 0. The number of nitrogens with zero attached hydrogens (tertiary/aromatic N) is 1. The van der Waals surface area contributed by atoms with Gasteiger partial charge in [-0.05, 0) is 64.0 Å². The largest absolute Gasteiger partial charge is 0.481 e. The molecule has 1 saturated heterocycles. The predicted octanol–water partition coefficient (Wildman–Crippen LogP) is 2.56. The summed E-state index contributed by atoms with van der Waals surface area (Å²) in [5.41, 5.74) is 0.725. The summed E-state index contributed by atoms with van der Waals surface area (Å²) in [4.78, 5) is 81.3. The van der Waals surface area contributed by atoms with Crippen LogP contribution in [0.4, 0.5) is 4.79 Å². The molecule has 252 valence electrons. The number of fused-ring (bicyclic) bond motifs is 1. The van der Waals surface area contributed by atoms with E-state index in [1.807, 2.05) is 38.1 Å². The lowest BCUT2D eigenvalue weighted by atomic mass is 9.99. The minimum Gasteiger partial charge on any atom is -0.481 e. The van der Waals surface area contributed by atoms with Gasteiger partial charge in [0.2, 0.25) is 17.7 Å². The maximum absolute atomic E-state index is 13.8. The number of nitrogens with one attached hydrogen (secondary N) is 4. The number of hydrogen-bond acceptors (Lipinski definition) is 7. The van der Waals surface area contributed by atoms with Crippen molar-refractivity contribution in [3.05, 3.63) is 36.0 Å². The fourth-order valence-electron chi connectivity index (χ4n) is 5.45. The van der Waals surface area contributed by atoms with Gasteiger partial charge in [0.1, 0.15) is 29.8 Å². The Labute approximate surface area is 267 Å². The zero-order valence-corrected chi connectivity index (χ0v) is 26.9. The van der Waals surface area contributed by atoms with Gasteiger partial charge >= 0.3 is 18.0 Å². The van der Waals surface area contributed by atoms with Gasteiger partial charge in [0, 0.05) is 30.1 Å². The lowest BCUT2D eigenvalue weighted by Gasteiger charge is -2.35. The molecule has 4 amide bonds. The van der Waals surface area contributed by atoms with Crippen molar-refractivity contribution in [1.82, 2.24) is 25.8 Å². The van der Waals surface area contributed by atoms with E-state index >= 15 is 0 Å². The fourth-order valence-corrected chi connectivity index (χ4v) is 5.45. The van der Waals surface area contributed by atoms with E-state index in [4.69, 9.17) is 4.74 Å². The van der Waals surface area contributed by atoms with Crippen LogP contribution in [0.3, 0.4) is 0 Å². The van der Waals surface area contributed by atoms with Crippen LogP contribution in [0.15, 0.2) is 30.5 Å². The minimum absolute atomic E-state index is 0.0524. The van der Waals surface area contributed by atoms with Gasteiger partial charge in [-0.2, -0.15) is 0 Å². The van der Waals surface area contributed by atoms with Gasteiger partial charge in [-0.25, -0.2) is 9.59 Å². The minimum atomic E-state index is -1.56. The fraction of sp³-hybridized carbons (Fsp3) is 0.562. The second-order valence-electron chi connectivity index (χ2n) is 13.0.